The van der Waals surface area contributed by atoms with E-state index in [1.165, 1.54) is 4.90 Å². The summed E-state index contributed by atoms with van der Waals surface area (Å²) in [5.74, 6) is 0.712. The summed E-state index contributed by atoms with van der Waals surface area (Å²) in [5, 5.41) is 12.2. The first-order chi connectivity index (χ1) is 7.48. The molecular weight excluding hydrogens is 228 g/mol. The van der Waals surface area contributed by atoms with Crippen LogP contribution in [0.3, 0.4) is 0 Å². The van der Waals surface area contributed by atoms with Crippen molar-refractivity contribution in [1.82, 2.24) is 10.2 Å². The molecule has 1 saturated heterocycles. The largest absolute Gasteiger partial charge is 0.480 e. The second-order valence-electron chi connectivity index (χ2n) is 4.14. The van der Waals surface area contributed by atoms with Crippen molar-refractivity contribution in [3.05, 3.63) is 0 Å². The number of carboxylic acids is 1. The third-order valence-electron chi connectivity index (χ3n) is 2.83. The lowest BCUT2D eigenvalue weighted by molar-refractivity contribution is -0.145. The molecule has 5 nitrogen and oxygen atoms in total. The Labute approximate surface area is 99.6 Å². The summed E-state index contributed by atoms with van der Waals surface area (Å²) in [6, 6.07) is 0. The number of carbonyl (C=O) groups excluding carboxylic acids is 1. The summed E-state index contributed by atoms with van der Waals surface area (Å²) < 4.78 is 0. The molecule has 0 spiro atoms. The van der Waals surface area contributed by atoms with Crippen LogP contribution in [0.4, 0.5) is 0 Å². The predicted octanol–water partition coefficient (Wildman–Crippen LogP) is 0.0146. The van der Waals surface area contributed by atoms with Gasteiger partial charge in [0.15, 0.2) is 0 Å². The standard InChI is InChI=1S/C10H18N2O3S/c1-12(2)8(13)7-11-10(9(14)15)3-5-16-6-4-10/h11H,3-7H2,1-2H3,(H,14,15). The molecule has 92 valence electrons. The Morgan fingerprint density at radius 2 is 1.94 bits per heavy atom. The molecule has 1 amide bonds. The van der Waals surface area contributed by atoms with Crippen molar-refractivity contribution in [3.63, 3.8) is 0 Å². The van der Waals surface area contributed by atoms with Crippen molar-refractivity contribution < 1.29 is 14.7 Å². The van der Waals surface area contributed by atoms with Gasteiger partial charge < -0.3 is 10.0 Å². The van der Waals surface area contributed by atoms with Gasteiger partial charge in [-0.1, -0.05) is 0 Å². The van der Waals surface area contributed by atoms with Crippen molar-refractivity contribution >= 4 is 23.6 Å². The molecule has 0 radical (unpaired) electrons. The van der Waals surface area contributed by atoms with Crippen LogP contribution in [0.2, 0.25) is 0 Å². The van der Waals surface area contributed by atoms with E-state index in [9.17, 15) is 14.7 Å². The predicted molar refractivity (Wildman–Crippen MR) is 63.6 cm³/mol. The van der Waals surface area contributed by atoms with Crippen LogP contribution in [0.1, 0.15) is 12.8 Å². The van der Waals surface area contributed by atoms with Crippen LogP contribution in [0.25, 0.3) is 0 Å². The van der Waals surface area contributed by atoms with Gasteiger partial charge in [-0.05, 0) is 24.3 Å². The van der Waals surface area contributed by atoms with Crippen molar-refractivity contribution in [3.8, 4) is 0 Å². The maximum atomic E-state index is 11.4. The average molecular weight is 246 g/mol. The fourth-order valence-electron chi connectivity index (χ4n) is 1.59. The monoisotopic (exact) mass is 246 g/mol. The summed E-state index contributed by atoms with van der Waals surface area (Å²) in [7, 11) is 3.32. The van der Waals surface area contributed by atoms with Gasteiger partial charge in [0.1, 0.15) is 5.54 Å². The normalized spacial score (nSPS) is 19.1. The zero-order valence-corrected chi connectivity index (χ0v) is 10.5. The smallest absolute Gasteiger partial charge is 0.323 e. The number of carboxylic acid groups (broad SMARTS) is 1. The fourth-order valence-corrected chi connectivity index (χ4v) is 2.78. The molecular formula is C10H18N2O3S. The van der Waals surface area contributed by atoms with Crippen molar-refractivity contribution in [2.24, 2.45) is 0 Å². The Morgan fingerprint density at radius 3 is 2.38 bits per heavy atom. The number of aliphatic carboxylic acids is 1. The minimum Gasteiger partial charge on any atom is -0.480 e. The van der Waals surface area contributed by atoms with E-state index in [0.717, 1.165) is 11.5 Å². The molecule has 0 unspecified atom stereocenters. The lowest BCUT2D eigenvalue weighted by Gasteiger charge is -2.33. The molecule has 0 aliphatic carbocycles. The third kappa shape index (κ3) is 3.12. The number of nitrogens with one attached hydrogen (secondary N) is 1. The Hall–Kier alpha value is -0.750. The first-order valence-corrected chi connectivity index (χ1v) is 6.40. The highest BCUT2D eigenvalue weighted by molar-refractivity contribution is 7.99. The lowest BCUT2D eigenvalue weighted by atomic mass is 9.92. The van der Waals surface area contributed by atoms with Gasteiger partial charge in [-0.2, -0.15) is 11.8 Å². The van der Waals surface area contributed by atoms with Gasteiger partial charge in [-0.15, -0.1) is 0 Å². The average Bonchev–Trinajstić information content (AvgIpc) is 2.26. The summed E-state index contributed by atoms with van der Waals surface area (Å²) in [6.45, 7) is 0.0873. The molecule has 1 heterocycles. The van der Waals surface area contributed by atoms with E-state index in [2.05, 4.69) is 5.32 Å². The molecule has 0 saturated carbocycles. The number of nitrogens with zero attached hydrogens (tertiary/aromatic N) is 1. The van der Waals surface area contributed by atoms with Crippen molar-refractivity contribution in [1.29, 1.82) is 0 Å². The van der Waals surface area contributed by atoms with E-state index < -0.39 is 11.5 Å². The van der Waals surface area contributed by atoms with Crippen LogP contribution in [0.15, 0.2) is 0 Å². The van der Waals surface area contributed by atoms with E-state index in [-0.39, 0.29) is 12.5 Å². The summed E-state index contributed by atoms with van der Waals surface area (Å²) >= 11 is 1.76. The van der Waals surface area contributed by atoms with E-state index in [4.69, 9.17) is 0 Å². The maximum absolute atomic E-state index is 11.4. The van der Waals surface area contributed by atoms with E-state index in [0.29, 0.717) is 12.8 Å². The number of likely N-dealkylation sites (N-methyl/N-ethyl adjacent to an activating group) is 1. The quantitative estimate of drug-likeness (QED) is 0.731. The molecule has 1 fully saturated rings. The van der Waals surface area contributed by atoms with Crippen LogP contribution in [-0.2, 0) is 9.59 Å². The van der Waals surface area contributed by atoms with E-state index in [1.807, 2.05) is 0 Å². The number of hydrogen-bond acceptors (Lipinski definition) is 4. The van der Waals surface area contributed by atoms with E-state index in [1.54, 1.807) is 25.9 Å². The number of carbonyl (C=O) groups is 2. The molecule has 0 atom stereocenters. The number of thioether (sulfide) groups is 1. The highest BCUT2D eigenvalue weighted by atomic mass is 32.2. The van der Waals surface area contributed by atoms with Crippen LogP contribution in [0.5, 0.6) is 0 Å². The van der Waals surface area contributed by atoms with Gasteiger partial charge in [0, 0.05) is 14.1 Å². The van der Waals surface area contributed by atoms with Crippen LogP contribution in [-0.4, -0.2) is 59.6 Å². The van der Waals surface area contributed by atoms with Gasteiger partial charge in [-0.3, -0.25) is 14.9 Å². The second kappa shape index (κ2) is 5.54. The Kier molecular flexibility index (Phi) is 4.61. The lowest BCUT2D eigenvalue weighted by Crippen LogP contribution is -2.56. The van der Waals surface area contributed by atoms with Gasteiger partial charge >= 0.3 is 5.97 Å². The molecule has 1 rings (SSSR count). The van der Waals surface area contributed by atoms with Gasteiger partial charge in [0.25, 0.3) is 0 Å². The topological polar surface area (TPSA) is 69.6 Å². The highest BCUT2D eigenvalue weighted by Crippen LogP contribution is 2.27. The molecule has 0 aromatic heterocycles. The number of rotatable bonds is 4. The molecule has 1 aliphatic rings. The van der Waals surface area contributed by atoms with E-state index >= 15 is 0 Å². The molecule has 0 bridgehead atoms. The van der Waals surface area contributed by atoms with Crippen LogP contribution in [0, 0.1) is 0 Å². The zero-order valence-electron chi connectivity index (χ0n) is 9.65. The first-order valence-electron chi connectivity index (χ1n) is 5.24. The molecule has 0 aromatic carbocycles. The molecule has 6 heteroatoms. The number of hydrogen-bond donors (Lipinski definition) is 2. The highest BCUT2D eigenvalue weighted by Gasteiger charge is 2.39. The first kappa shape index (κ1) is 13.3. The molecule has 16 heavy (non-hydrogen) atoms. The van der Waals surface area contributed by atoms with Gasteiger partial charge in [-0.25, -0.2) is 0 Å². The van der Waals surface area contributed by atoms with Crippen LogP contribution < -0.4 is 5.32 Å². The SMILES string of the molecule is CN(C)C(=O)CNC1(C(=O)O)CCSCC1. The van der Waals surface area contributed by atoms with Gasteiger partial charge in [0.05, 0.1) is 6.54 Å². The zero-order chi connectivity index (χ0) is 12.2. The molecule has 0 aromatic rings. The van der Waals surface area contributed by atoms with Crippen LogP contribution >= 0.6 is 11.8 Å². The van der Waals surface area contributed by atoms with Gasteiger partial charge in [0.2, 0.25) is 5.91 Å². The van der Waals surface area contributed by atoms with Crippen molar-refractivity contribution in [2.75, 3.05) is 32.1 Å². The molecule has 2 N–H and O–H groups in total. The minimum atomic E-state index is -0.906. The third-order valence-corrected chi connectivity index (χ3v) is 3.82. The Bertz CT molecular complexity index is 275. The Balaban J connectivity index is 2.58. The fraction of sp³-hybridized carbons (Fsp3) is 0.800. The minimum absolute atomic E-state index is 0.0873. The Morgan fingerprint density at radius 1 is 1.38 bits per heavy atom. The molecule has 1 aliphatic heterocycles. The maximum Gasteiger partial charge on any atom is 0.323 e. The summed E-state index contributed by atoms with van der Waals surface area (Å²) in [4.78, 5) is 24.1. The summed E-state index contributed by atoms with van der Waals surface area (Å²) in [6.07, 6.45) is 1.15. The van der Waals surface area contributed by atoms with Crippen molar-refractivity contribution in [2.45, 2.75) is 18.4 Å². The second-order valence-corrected chi connectivity index (χ2v) is 5.37. The number of amides is 1. The summed E-state index contributed by atoms with van der Waals surface area (Å²) in [5.41, 5.74) is -0.906.